The molecule has 20 heavy (non-hydrogen) atoms. The molecule has 1 atom stereocenters. The minimum Gasteiger partial charge on any atom is -0.396 e. The number of aliphatic hydroxyl groups is 1. The van der Waals surface area contributed by atoms with Gasteiger partial charge in [0.1, 0.15) is 0 Å². The van der Waals surface area contributed by atoms with Crippen LogP contribution in [0, 0.1) is 5.92 Å². The molecule has 2 N–H and O–H groups in total. The summed E-state index contributed by atoms with van der Waals surface area (Å²) in [5.41, 5.74) is 0.926. The summed E-state index contributed by atoms with van der Waals surface area (Å²) in [6, 6.07) is 6.61. The zero-order chi connectivity index (χ0) is 14.4. The molecule has 1 heterocycles. The molecule has 0 saturated carbocycles. The highest BCUT2D eigenvalue weighted by Crippen LogP contribution is 2.16. The molecule has 6 heteroatoms. The lowest BCUT2D eigenvalue weighted by Crippen LogP contribution is -2.26. The van der Waals surface area contributed by atoms with Gasteiger partial charge in [0.25, 0.3) is 0 Å². The summed E-state index contributed by atoms with van der Waals surface area (Å²) in [4.78, 5) is 0.266. The van der Waals surface area contributed by atoms with Crippen molar-refractivity contribution in [3.63, 3.8) is 0 Å². The average molecular weight is 299 g/mol. The molecule has 1 aliphatic rings. The number of aliphatic hydroxyl groups excluding tert-OH is 1. The van der Waals surface area contributed by atoms with Crippen LogP contribution < -0.4 is 4.72 Å². The number of rotatable bonds is 7. The maximum absolute atomic E-state index is 12.1. The Morgan fingerprint density at radius 2 is 2.05 bits per heavy atom. The molecule has 0 aromatic heterocycles. The maximum Gasteiger partial charge on any atom is 0.240 e. The molecule has 0 amide bonds. The van der Waals surface area contributed by atoms with E-state index in [9.17, 15) is 8.42 Å². The van der Waals surface area contributed by atoms with Crippen LogP contribution in [0.1, 0.15) is 18.4 Å². The van der Waals surface area contributed by atoms with E-state index in [0.717, 1.165) is 31.6 Å². The van der Waals surface area contributed by atoms with Crippen LogP contribution in [-0.2, 0) is 21.2 Å². The molecular weight excluding hydrogens is 278 g/mol. The van der Waals surface area contributed by atoms with Crippen molar-refractivity contribution < 1.29 is 18.3 Å². The van der Waals surface area contributed by atoms with Crippen LogP contribution in [0.3, 0.4) is 0 Å². The number of hydrogen-bond acceptors (Lipinski definition) is 4. The van der Waals surface area contributed by atoms with Crippen molar-refractivity contribution in [1.29, 1.82) is 0 Å². The highest BCUT2D eigenvalue weighted by atomic mass is 32.2. The molecule has 1 unspecified atom stereocenters. The summed E-state index contributed by atoms with van der Waals surface area (Å²) in [6.07, 6.45) is 2.36. The van der Waals surface area contributed by atoms with Crippen LogP contribution in [0.2, 0.25) is 0 Å². The summed E-state index contributed by atoms with van der Waals surface area (Å²) >= 11 is 0. The number of nitrogens with one attached hydrogen (secondary N) is 1. The van der Waals surface area contributed by atoms with E-state index in [1.807, 2.05) is 0 Å². The first-order valence-corrected chi connectivity index (χ1v) is 8.37. The quantitative estimate of drug-likeness (QED) is 0.785. The lowest BCUT2D eigenvalue weighted by atomic mass is 10.1. The van der Waals surface area contributed by atoms with Gasteiger partial charge in [-0.15, -0.1) is 0 Å². The fourth-order valence-electron chi connectivity index (χ4n) is 2.26. The van der Waals surface area contributed by atoms with Crippen molar-refractivity contribution in [2.24, 2.45) is 5.92 Å². The summed E-state index contributed by atoms with van der Waals surface area (Å²) in [5, 5.41) is 8.83. The monoisotopic (exact) mass is 299 g/mol. The third-order valence-electron chi connectivity index (χ3n) is 3.50. The van der Waals surface area contributed by atoms with Crippen molar-refractivity contribution in [3.8, 4) is 0 Å². The van der Waals surface area contributed by atoms with E-state index >= 15 is 0 Å². The Morgan fingerprint density at radius 3 is 2.65 bits per heavy atom. The summed E-state index contributed by atoms with van der Waals surface area (Å²) in [5.74, 6) is 0.463. The second-order valence-corrected chi connectivity index (χ2v) is 6.80. The maximum atomic E-state index is 12.1. The summed E-state index contributed by atoms with van der Waals surface area (Å²) in [6.45, 7) is 2.02. The first kappa shape index (κ1) is 15.4. The summed E-state index contributed by atoms with van der Waals surface area (Å²) in [7, 11) is -3.44. The van der Waals surface area contributed by atoms with Gasteiger partial charge in [0.15, 0.2) is 0 Å². The summed E-state index contributed by atoms with van der Waals surface area (Å²) < 4.78 is 32.1. The zero-order valence-electron chi connectivity index (χ0n) is 11.4. The minimum absolute atomic E-state index is 0.0633. The molecule has 0 bridgehead atoms. The van der Waals surface area contributed by atoms with Gasteiger partial charge in [-0.1, -0.05) is 12.1 Å². The Bertz CT molecular complexity index is 506. The molecule has 5 nitrogen and oxygen atoms in total. The molecule has 0 aliphatic carbocycles. The molecule has 0 radical (unpaired) electrons. The average Bonchev–Trinajstić information content (AvgIpc) is 2.93. The topological polar surface area (TPSA) is 75.6 Å². The lowest BCUT2D eigenvalue weighted by molar-refractivity contribution is 0.184. The fourth-order valence-corrected chi connectivity index (χ4v) is 3.30. The van der Waals surface area contributed by atoms with Gasteiger partial charge in [0.05, 0.1) is 4.90 Å². The Hall–Kier alpha value is -0.950. The van der Waals surface area contributed by atoms with Crippen molar-refractivity contribution in [2.45, 2.75) is 24.2 Å². The number of benzene rings is 1. The van der Waals surface area contributed by atoms with Crippen LogP contribution in [-0.4, -0.2) is 39.9 Å². The Kier molecular flexibility index (Phi) is 5.54. The van der Waals surface area contributed by atoms with Gasteiger partial charge >= 0.3 is 0 Å². The van der Waals surface area contributed by atoms with Crippen LogP contribution >= 0.6 is 0 Å². The Balaban J connectivity index is 1.88. The molecule has 1 saturated heterocycles. The van der Waals surface area contributed by atoms with Crippen molar-refractivity contribution >= 4 is 10.0 Å². The van der Waals surface area contributed by atoms with Crippen molar-refractivity contribution in [3.05, 3.63) is 29.8 Å². The van der Waals surface area contributed by atoms with Gasteiger partial charge in [0.2, 0.25) is 10.0 Å². The largest absolute Gasteiger partial charge is 0.396 e. The van der Waals surface area contributed by atoms with Crippen molar-refractivity contribution in [2.75, 3.05) is 26.4 Å². The molecular formula is C14H21NO4S. The second kappa shape index (κ2) is 7.17. The van der Waals surface area contributed by atoms with Gasteiger partial charge < -0.3 is 9.84 Å². The van der Waals surface area contributed by atoms with E-state index in [-0.39, 0.29) is 11.5 Å². The molecule has 112 valence electrons. The van der Waals surface area contributed by atoms with Gasteiger partial charge in [0, 0.05) is 26.4 Å². The van der Waals surface area contributed by atoms with E-state index in [1.54, 1.807) is 24.3 Å². The molecule has 1 aromatic carbocycles. The fraction of sp³-hybridized carbons (Fsp3) is 0.571. The zero-order valence-corrected chi connectivity index (χ0v) is 12.2. The van der Waals surface area contributed by atoms with E-state index in [0.29, 0.717) is 18.9 Å². The molecule has 0 spiro atoms. The SMILES string of the molecule is O=S(=O)(NCCC1CCOC1)c1ccc(CCO)cc1. The van der Waals surface area contributed by atoms with Crippen LogP contribution in [0.4, 0.5) is 0 Å². The Morgan fingerprint density at radius 1 is 1.30 bits per heavy atom. The number of ether oxygens (including phenoxy) is 1. The first-order chi connectivity index (χ1) is 9.62. The predicted molar refractivity (Wildman–Crippen MR) is 76.0 cm³/mol. The van der Waals surface area contributed by atoms with Gasteiger partial charge in [-0.25, -0.2) is 13.1 Å². The first-order valence-electron chi connectivity index (χ1n) is 6.89. The third-order valence-corrected chi connectivity index (χ3v) is 4.98. The minimum atomic E-state index is -3.44. The normalized spacial score (nSPS) is 19.4. The molecule has 1 aliphatic heterocycles. The number of sulfonamides is 1. The van der Waals surface area contributed by atoms with E-state index in [4.69, 9.17) is 9.84 Å². The highest BCUT2D eigenvalue weighted by Gasteiger charge is 2.18. The van der Waals surface area contributed by atoms with Gasteiger partial charge in [-0.3, -0.25) is 0 Å². The Labute approximate surface area is 120 Å². The third kappa shape index (κ3) is 4.28. The van der Waals surface area contributed by atoms with E-state index in [1.165, 1.54) is 0 Å². The molecule has 1 aromatic rings. The standard InChI is InChI=1S/C14H21NO4S/c16-9-6-12-1-3-14(4-2-12)20(17,18)15-8-5-13-7-10-19-11-13/h1-4,13,15-16H,5-11H2. The van der Waals surface area contributed by atoms with E-state index < -0.39 is 10.0 Å². The van der Waals surface area contributed by atoms with Gasteiger partial charge in [-0.05, 0) is 42.9 Å². The number of hydrogen-bond donors (Lipinski definition) is 2. The van der Waals surface area contributed by atoms with Crippen LogP contribution in [0.15, 0.2) is 29.2 Å². The van der Waals surface area contributed by atoms with Crippen LogP contribution in [0.5, 0.6) is 0 Å². The van der Waals surface area contributed by atoms with Crippen LogP contribution in [0.25, 0.3) is 0 Å². The van der Waals surface area contributed by atoms with Crippen molar-refractivity contribution in [1.82, 2.24) is 4.72 Å². The molecule has 2 rings (SSSR count). The smallest absolute Gasteiger partial charge is 0.240 e. The van der Waals surface area contributed by atoms with E-state index in [2.05, 4.69) is 4.72 Å². The lowest BCUT2D eigenvalue weighted by Gasteiger charge is -2.10. The van der Waals surface area contributed by atoms with Gasteiger partial charge in [-0.2, -0.15) is 0 Å². The highest BCUT2D eigenvalue weighted by molar-refractivity contribution is 7.89. The molecule has 1 fully saturated rings. The predicted octanol–water partition coefficient (Wildman–Crippen LogP) is 0.926. The second-order valence-electron chi connectivity index (χ2n) is 5.03.